The predicted molar refractivity (Wildman–Crippen MR) is 54.7 cm³/mol. The van der Waals surface area contributed by atoms with E-state index < -0.39 is 0 Å². The number of nitrogens with zero attached hydrogens (tertiary/aromatic N) is 1. The van der Waals surface area contributed by atoms with Crippen molar-refractivity contribution in [2.45, 2.75) is 51.0 Å². The summed E-state index contributed by atoms with van der Waals surface area (Å²) in [6.45, 7) is 3.06. The van der Waals surface area contributed by atoms with E-state index in [0.717, 1.165) is 31.8 Å². The standard InChI is InChI=1S/C12H19NO/c1-2-10-3-6-12(7-4-10)11(9-13)5-8-14-12/h10-11H,2-8H2,1H3. The molecule has 1 saturated carbocycles. The minimum atomic E-state index is -0.0413. The van der Waals surface area contributed by atoms with Crippen molar-refractivity contribution in [2.75, 3.05) is 6.61 Å². The fourth-order valence-corrected chi connectivity index (χ4v) is 2.99. The van der Waals surface area contributed by atoms with Gasteiger partial charge in [-0.2, -0.15) is 5.26 Å². The third-order valence-corrected chi connectivity index (χ3v) is 4.12. The van der Waals surface area contributed by atoms with Gasteiger partial charge in [-0.15, -0.1) is 0 Å². The van der Waals surface area contributed by atoms with Gasteiger partial charge in [-0.25, -0.2) is 0 Å². The molecule has 14 heavy (non-hydrogen) atoms. The third kappa shape index (κ3) is 1.54. The van der Waals surface area contributed by atoms with E-state index in [9.17, 15) is 0 Å². The highest BCUT2D eigenvalue weighted by Gasteiger charge is 2.46. The highest BCUT2D eigenvalue weighted by molar-refractivity contribution is 5.04. The molecule has 1 aliphatic heterocycles. The van der Waals surface area contributed by atoms with E-state index in [1.807, 2.05) is 0 Å². The van der Waals surface area contributed by atoms with Gasteiger partial charge in [-0.1, -0.05) is 13.3 Å². The first-order valence-electron chi connectivity index (χ1n) is 5.84. The Morgan fingerprint density at radius 1 is 1.36 bits per heavy atom. The summed E-state index contributed by atoms with van der Waals surface area (Å²) in [5.74, 6) is 1.05. The zero-order chi connectivity index (χ0) is 10.0. The zero-order valence-electron chi connectivity index (χ0n) is 8.96. The molecule has 2 rings (SSSR count). The fourth-order valence-electron chi connectivity index (χ4n) is 2.99. The molecule has 0 amide bonds. The average Bonchev–Trinajstić information content (AvgIpc) is 2.62. The lowest BCUT2D eigenvalue weighted by Crippen LogP contribution is -2.38. The lowest BCUT2D eigenvalue weighted by Gasteiger charge is -2.38. The number of ether oxygens (including phenoxy) is 1. The van der Waals surface area contributed by atoms with Gasteiger partial charge < -0.3 is 4.74 Å². The van der Waals surface area contributed by atoms with Gasteiger partial charge in [0.2, 0.25) is 0 Å². The van der Waals surface area contributed by atoms with Gasteiger partial charge in [-0.3, -0.25) is 0 Å². The third-order valence-electron chi connectivity index (χ3n) is 4.12. The van der Waals surface area contributed by atoms with Crippen LogP contribution in [0.15, 0.2) is 0 Å². The summed E-state index contributed by atoms with van der Waals surface area (Å²) in [7, 11) is 0. The Labute approximate surface area is 86.2 Å². The maximum Gasteiger partial charge on any atom is 0.0841 e. The molecule has 1 saturated heterocycles. The molecular weight excluding hydrogens is 174 g/mol. The Balaban J connectivity index is 2.01. The molecule has 0 aromatic carbocycles. The van der Waals surface area contributed by atoms with Gasteiger partial charge in [0.15, 0.2) is 0 Å². The quantitative estimate of drug-likeness (QED) is 0.641. The van der Waals surface area contributed by atoms with Crippen LogP contribution in [0.25, 0.3) is 0 Å². The van der Waals surface area contributed by atoms with Crippen LogP contribution in [0.3, 0.4) is 0 Å². The van der Waals surface area contributed by atoms with Gasteiger partial charge >= 0.3 is 0 Å². The Bertz CT molecular complexity index is 235. The summed E-state index contributed by atoms with van der Waals surface area (Å²) in [5, 5.41) is 9.08. The Morgan fingerprint density at radius 3 is 2.64 bits per heavy atom. The lowest BCUT2D eigenvalue weighted by atomic mass is 9.72. The van der Waals surface area contributed by atoms with E-state index in [1.54, 1.807) is 0 Å². The Kier molecular flexibility index (Phi) is 2.78. The Hall–Kier alpha value is -0.550. The van der Waals surface area contributed by atoms with Crippen molar-refractivity contribution >= 4 is 0 Å². The molecule has 78 valence electrons. The highest BCUT2D eigenvalue weighted by atomic mass is 16.5. The summed E-state index contributed by atoms with van der Waals surface area (Å²) in [6.07, 6.45) is 6.98. The summed E-state index contributed by atoms with van der Waals surface area (Å²) >= 11 is 0. The minimum absolute atomic E-state index is 0.0413. The number of hydrogen-bond donors (Lipinski definition) is 0. The van der Waals surface area contributed by atoms with Crippen molar-refractivity contribution in [3.05, 3.63) is 0 Å². The van der Waals surface area contributed by atoms with Crippen LogP contribution < -0.4 is 0 Å². The molecule has 1 heterocycles. The summed E-state index contributed by atoms with van der Waals surface area (Å²) in [4.78, 5) is 0. The predicted octanol–water partition coefficient (Wildman–Crippen LogP) is 2.89. The van der Waals surface area contributed by atoms with Crippen LogP contribution in [0.4, 0.5) is 0 Å². The smallest absolute Gasteiger partial charge is 0.0841 e. The van der Waals surface area contributed by atoms with Crippen LogP contribution in [0, 0.1) is 23.2 Å². The van der Waals surface area contributed by atoms with E-state index in [4.69, 9.17) is 10.00 Å². The fraction of sp³-hybridized carbons (Fsp3) is 0.917. The highest BCUT2D eigenvalue weighted by Crippen LogP contribution is 2.45. The minimum Gasteiger partial charge on any atom is -0.374 e. The average molecular weight is 193 g/mol. The van der Waals surface area contributed by atoms with E-state index >= 15 is 0 Å². The van der Waals surface area contributed by atoms with Crippen LogP contribution in [0.1, 0.15) is 45.4 Å². The molecule has 0 aromatic rings. The molecule has 0 N–H and O–H groups in total. The summed E-state index contributed by atoms with van der Waals surface area (Å²) in [5.41, 5.74) is -0.0413. The topological polar surface area (TPSA) is 33.0 Å². The van der Waals surface area contributed by atoms with Crippen LogP contribution in [0.2, 0.25) is 0 Å². The molecule has 2 aliphatic rings. The first-order valence-corrected chi connectivity index (χ1v) is 5.84. The van der Waals surface area contributed by atoms with E-state index in [0.29, 0.717) is 0 Å². The SMILES string of the molecule is CCC1CCC2(CC1)OCCC2C#N. The molecule has 0 bridgehead atoms. The maximum atomic E-state index is 9.08. The first-order chi connectivity index (χ1) is 6.80. The van der Waals surface area contributed by atoms with Crippen molar-refractivity contribution in [1.29, 1.82) is 5.26 Å². The molecule has 0 aromatic heterocycles. The van der Waals surface area contributed by atoms with Gasteiger partial charge in [0, 0.05) is 6.61 Å². The van der Waals surface area contributed by atoms with Gasteiger partial charge in [0.1, 0.15) is 0 Å². The van der Waals surface area contributed by atoms with E-state index in [-0.39, 0.29) is 11.5 Å². The molecular formula is C12H19NO. The van der Waals surface area contributed by atoms with Crippen LogP contribution in [-0.2, 0) is 4.74 Å². The second-order valence-electron chi connectivity index (χ2n) is 4.74. The summed E-state index contributed by atoms with van der Waals surface area (Å²) < 4.78 is 5.86. The number of nitriles is 1. The molecule has 0 radical (unpaired) electrons. The normalized spacial score (nSPS) is 42.6. The monoisotopic (exact) mass is 193 g/mol. The Morgan fingerprint density at radius 2 is 2.07 bits per heavy atom. The van der Waals surface area contributed by atoms with Crippen molar-refractivity contribution in [3.63, 3.8) is 0 Å². The van der Waals surface area contributed by atoms with E-state index in [2.05, 4.69) is 13.0 Å². The van der Waals surface area contributed by atoms with Crippen LogP contribution in [0.5, 0.6) is 0 Å². The van der Waals surface area contributed by atoms with Crippen LogP contribution >= 0.6 is 0 Å². The summed E-state index contributed by atoms with van der Waals surface area (Å²) in [6, 6.07) is 2.43. The molecule has 1 spiro atoms. The maximum absolute atomic E-state index is 9.08. The second-order valence-corrected chi connectivity index (χ2v) is 4.74. The largest absolute Gasteiger partial charge is 0.374 e. The van der Waals surface area contributed by atoms with Crippen molar-refractivity contribution in [2.24, 2.45) is 11.8 Å². The van der Waals surface area contributed by atoms with Gasteiger partial charge in [0.05, 0.1) is 17.6 Å². The van der Waals surface area contributed by atoms with Crippen LogP contribution in [-0.4, -0.2) is 12.2 Å². The second kappa shape index (κ2) is 3.90. The van der Waals surface area contributed by atoms with Crippen molar-refractivity contribution in [3.8, 4) is 6.07 Å². The van der Waals surface area contributed by atoms with Crippen molar-refractivity contribution < 1.29 is 4.74 Å². The van der Waals surface area contributed by atoms with Crippen molar-refractivity contribution in [1.82, 2.24) is 0 Å². The lowest BCUT2D eigenvalue weighted by molar-refractivity contribution is -0.0489. The molecule has 1 aliphatic carbocycles. The molecule has 1 unspecified atom stereocenters. The molecule has 2 nitrogen and oxygen atoms in total. The molecule has 2 heteroatoms. The zero-order valence-corrected chi connectivity index (χ0v) is 8.96. The molecule has 2 fully saturated rings. The number of hydrogen-bond acceptors (Lipinski definition) is 2. The van der Waals surface area contributed by atoms with Gasteiger partial charge in [0.25, 0.3) is 0 Å². The van der Waals surface area contributed by atoms with Gasteiger partial charge in [-0.05, 0) is 38.0 Å². The molecule has 1 atom stereocenters. The first kappa shape index (κ1) is 9.98. The van der Waals surface area contributed by atoms with E-state index in [1.165, 1.54) is 19.3 Å². The number of rotatable bonds is 1.